The second-order valence-corrected chi connectivity index (χ2v) is 3.26. The molecule has 0 radical (unpaired) electrons. The zero-order chi connectivity index (χ0) is 11.5. The van der Waals surface area contributed by atoms with E-state index in [-0.39, 0.29) is 5.76 Å². The number of carbonyl (C=O) groups is 2. The highest BCUT2D eigenvalue weighted by molar-refractivity contribution is 5.93. The molecule has 0 saturated carbocycles. The smallest absolute Gasteiger partial charge is 0.248 e. The highest BCUT2D eigenvalue weighted by Gasteiger charge is 2.05. The Bertz CT molecular complexity index is 525. The Morgan fingerprint density at radius 1 is 1.12 bits per heavy atom. The summed E-state index contributed by atoms with van der Waals surface area (Å²) in [6.45, 7) is 0. The first kappa shape index (κ1) is 10.2. The number of rotatable bonds is 3. The van der Waals surface area contributed by atoms with Crippen LogP contribution in [0.5, 0.6) is 0 Å². The summed E-state index contributed by atoms with van der Waals surface area (Å²) in [4.78, 5) is 21.3. The normalized spacial score (nSPS) is 10.0. The molecule has 80 valence electrons. The molecular formula is C12H9NO3. The SMILES string of the molecule is NC(=O)c1ccc(-c2ccc(C=O)o2)cc1. The molecule has 2 N–H and O–H groups in total. The second-order valence-electron chi connectivity index (χ2n) is 3.26. The quantitative estimate of drug-likeness (QED) is 0.794. The van der Waals surface area contributed by atoms with E-state index in [0.29, 0.717) is 17.6 Å². The van der Waals surface area contributed by atoms with Crippen LogP contribution in [-0.2, 0) is 0 Å². The summed E-state index contributed by atoms with van der Waals surface area (Å²) in [7, 11) is 0. The molecule has 1 heterocycles. The van der Waals surface area contributed by atoms with Crippen LogP contribution in [0.1, 0.15) is 20.9 Å². The molecule has 1 aromatic heterocycles. The molecule has 2 aromatic rings. The molecule has 0 aliphatic rings. The third-order valence-corrected chi connectivity index (χ3v) is 2.20. The van der Waals surface area contributed by atoms with E-state index in [0.717, 1.165) is 5.56 Å². The summed E-state index contributed by atoms with van der Waals surface area (Å²) in [6, 6.07) is 9.94. The minimum atomic E-state index is -0.473. The lowest BCUT2D eigenvalue weighted by Gasteiger charge is -1.98. The Hall–Kier alpha value is -2.36. The molecule has 4 nitrogen and oxygen atoms in total. The Labute approximate surface area is 91.7 Å². The van der Waals surface area contributed by atoms with Crippen molar-refractivity contribution < 1.29 is 14.0 Å². The third kappa shape index (κ3) is 1.86. The fourth-order valence-corrected chi connectivity index (χ4v) is 1.37. The maximum absolute atomic E-state index is 10.9. The summed E-state index contributed by atoms with van der Waals surface area (Å²) in [5.41, 5.74) is 6.35. The average Bonchev–Trinajstić information content (AvgIpc) is 2.77. The van der Waals surface area contributed by atoms with E-state index in [4.69, 9.17) is 10.2 Å². The summed E-state index contributed by atoms with van der Waals surface area (Å²) < 4.78 is 5.23. The number of benzene rings is 1. The molecule has 1 aromatic carbocycles. The lowest BCUT2D eigenvalue weighted by atomic mass is 10.1. The predicted molar refractivity (Wildman–Crippen MR) is 58.0 cm³/mol. The van der Waals surface area contributed by atoms with Gasteiger partial charge in [0, 0.05) is 11.1 Å². The van der Waals surface area contributed by atoms with Crippen LogP contribution in [0.3, 0.4) is 0 Å². The first-order valence-corrected chi connectivity index (χ1v) is 4.66. The largest absolute Gasteiger partial charge is 0.453 e. The molecule has 0 bridgehead atoms. The van der Waals surface area contributed by atoms with E-state index in [2.05, 4.69) is 0 Å². The van der Waals surface area contributed by atoms with Crippen molar-refractivity contribution in [1.29, 1.82) is 0 Å². The number of furan rings is 1. The van der Waals surface area contributed by atoms with E-state index >= 15 is 0 Å². The van der Waals surface area contributed by atoms with Crippen molar-refractivity contribution in [2.75, 3.05) is 0 Å². The van der Waals surface area contributed by atoms with E-state index in [9.17, 15) is 9.59 Å². The monoisotopic (exact) mass is 215 g/mol. The number of carbonyl (C=O) groups excluding carboxylic acids is 2. The van der Waals surface area contributed by atoms with Gasteiger partial charge in [0.2, 0.25) is 5.91 Å². The Kier molecular flexibility index (Phi) is 2.55. The lowest BCUT2D eigenvalue weighted by molar-refractivity contribution is 0.1000. The first-order valence-electron chi connectivity index (χ1n) is 4.66. The topological polar surface area (TPSA) is 73.3 Å². The molecule has 0 fully saturated rings. The second kappa shape index (κ2) is 4.02. The minimum Gasteiger partial charge on any atom is -0.453 e. The van der Waals surface area contributed by atoms with Gasteiger partial charge in [-0.1, -0.05) is 12.1 Å². The number of hydrogen-bond acceptors (Lipinski definition) is 3. The first-order chi connectivity index (χ1) is 7.70. The molecule has 4 heteroatoms. The van der Waals surface area contributed by atoms with Crippen LogP contribution in [0.25, 0.3) is 11.3 Å². The van der Waals surface area contributed by atoms with Crippen LogP contribution < -0.4 is 5.73 Å². The fraction of sp³-hybridized carbons (Fsp3) is 0. The van der Waals surface area contributed by atoms with Crippen molar-refractivity contribution in [2.24, 2.45) is 5.73 Å². The predicted octanol–water partition coefficient (Wildman–Crippen LogP) is 1.86. The standard InChI is InChI=1S/C12H9NO3/c13-12(15)9-3-1-8(2-4-9)11-6-5-10(7-14)16-11/h1-7H,(H2,13,15). The van der Waals surface area contributed by atoms with Crippen LogP contribution in [0, 0.1) is 0 Å². The van der Waals surface area contributed by atoms with E-state index in [1.54, 1.807) is 36.4 Å². The lowest BCUT2D eigenvalue weighted by Crippen LogP contribution is -2.10. The number of primary amides is 1. The molecule has 0 unspecified atom stereocenters. The van der Waals surface area contributed by atoms with Crippen molar-refractivity contribution in [2.45, 2.75) is 0 Å². The molecule has 2 rings (SSSR count). The van der Waals surface area contributed by atoms with Gasteiger partial charge in [-0.25, -0.2) is 0 Å². The average molecular weight is 215 g/mol. The van der Waals surface area contributed by atoms with Crippen LogP contribution in [0.15, 0.2) is 40.8 Å². The van der Waals surface area contributed by atoms with Gasteiger partial charge in [0.25, 0.3) is 0 Å². The summed E-state index contributed by atoms with van der Waals surface area (Å²) in [5, 5.41) is 0. The van der Waals surface area contributed by atoms with Gasteiger partial charge in [0.15, 0.2) is 12.0 Å². The van der Waals surface area contributed by atoms with Gasteiger partial charge in [-0.2, -0.15) is 0 Å². The zero-order valence-corrected chi connectivity index (χ0v) is 8.34. The molecular weight excluding hydrogens is 206 g/mol. The maximum atomic E-state index is 10.9. The third-order valence-electron chi connectivity index (χ3n) is 2.20. The molecule has 0 atom stereocenters. The molecule has 0 spiro atoms. The molecule has 0 saturated heterocycles. The van der Waals surface area contributed by atoms with E-state index < -0.39 is 5.91 Å². The summed E-state index contributed by atoms with van der Waals surface area (Å²) in [6.07, 6.45) is 0.640. The van der Waals surface area contributed by atoms with Gasteiger partial charge in [-0.15, -0.1) is 0 Å². The summed E-state index contributed by atoms with van der Waals surface area (Å²) >= 11 is 0. The number of nitrogens with two attached hydrogens (primary N) is 1. The van der Waals surface area contributed by atoms with Crippen LogP contribution >= 0.6 is 0 Å². The van der Waals surface area contributed by atoms with Crippen molar-refractivity contribution in [1.82, 2.24) is 0 Å². The highest BCUT2D eigenvalue weighted by Crippen LogP contribution is 2.21. The van der Waals surface area contributed by atoms with Crippen molar-refractivity contribution in [3.63, 3.8) is 0 Å². The number of aldehydes is 1. The summed E-state index contributed by atoms with van der Waals surface area (Å²) in [5.74, 6) is 0.381. The molecule has 0 aliphatic heterocycles. The van der Waals surface area contributed by atoms with Gasteiger partial charge in [0.05, 0.1) is 0 Å². The minimum absolute atomic E-state index is 0.272. The Morgan fingerprint density at radius 3 is 2.31 bits per heavy atom. The van der Waals surface area contributed by atoms with Crippen LogP contribution in [-0.4, -0.2) is 12.2 Å². The number of amides is 1. The molecule has 0 aliphatic carbocycles. The van der Waals surface area contributed by atoms with Crippen LogP contribution in [0.2, 0.25) is 0 Å². The van der Waals surface area contributed by atoms with E-state index in [1.807, 2.05) is 0 Å². The highest BCUT2D eigenvalue weighted by atomic mass is 16.3. The maximum Gasteiger partial charge on any atom is 0.248 e. The van der Waals surface area contributed by atoms with Crippen LogP contribution in [0.4, 0.5) is 0 Å². The van der Waals surface area contributed by atoms with Gasteiger partial charge in [0.1, 0.15) is 5.76 Å². The van der Waals surface area contributed by atoms with Gasteiger partial charge < -0.3 is 10.2 Å². The van der Waals surface area contributed by atoms with Gasteiger partial charge in [-0.05, 0) is 24.3 Å². The van der Waals surface area contributed by atoms with E-state index in [1.165, 1.54) is 0 Å². The zero-order valence-electron chi connectivity index (χ0n) is 8.34. The Balaban J connectivity index is 2.34. The molecule has 1 amide bonds. The van der Waals surface area contributed by atoms with Gasteiger partial charge >= 0.3 is 0 Å². The Morgan fingerprint density at radius 2 is 1.81 bits per heavy atom. The number of hydrogen-bond donors (Lipinski definition) is 1. The van der Waals surface area contributed by atoms with Crippen molar-refractivity contribution >= 4 is 12.2 Å². The van der Waals surface area contributed by atoms with Gasteiger partial charge in [-0.3, -0.25) is 9.59 Å². The molecule has 16 heavy (non-hydrogen) atoms. The van der Waals surface area contributed by atoms with Crippen molar-refractivity contribution in [3.05, 3.63) is 47.7 Å². The van der Waals surface area contributed by atoms with Crippen molar-refractivity contribution in [3.8, 4) is 11.3 Å². The fourth-order valence-electron chi connectivity index (χ4n) is 1.37.